The summed E-state index contributed by atoms with van der Waals surface area (Å²) in [5, 5.41) is 0. The Bertz CT molecular complexity index is 579. The van der Waals surface area contributed by atoms with Crippen molar-refractivity contribution >= 4 is 19.8 Å². The molecule has 0 spiro atoms. The zero-order valence-electron chi connectivity index (χ0n) is 10.9. The molecule has 0 atom stereocenters. The van der Waals surface area contributed by atoms with Gasteiger partial charge < -0.3 is 0 Å². The van der Waals surface area contributed by atoms with E-state index >= 15 is 0 Å². The highest BCUT2D eigenvalue weighted by Crippen LogP contribution is 2.37. The Labute approximate surface area is 110 Å². The maximum Gasteiger partial charge on any atom is 0.0709 e. The zero-order valence-corrected chi connectivity index (χ0v) is 11.9. The van der Waals surface area contributed by atoms with Crippen molar-refractivity contribution in [1.82, 2.24) is 0 Å². The summed E-state index contributed by atoms with van der Waals surface area (Å²) in [6, 6.07) is 0. The van der Waals surface area contributed by atoms with Crippen LogP contribution in [-0.4, -0.2) is 19.8 Å². The summed E-state index contributed by atoms with van der Waals surface area (Å²) in [6.45, 7) is 4.64. The molecular weight excluding hydrogens is 234 g/mol. The molecule has 0 saturated carbocycles. The normalized spacial score (nSPS) is 20.6. The molecule has 0 radical (unpaired) electrons. The monoisotopic (exact) mass is 251 g/mol. The summed E-state index contributed by atoms with van der Waals surface area (Å²) in [5.41, 5.74) is 7.62. The van der Waals surface area contributed by atoms with Gasteiger partial charge in [0.25, 0.3) is 0 Å². The predicted molar refractivity (Wildman–Crippen MR) is 81.6 cm³/mol. The van der Waals surface area contributed by atoms with Gasteiger partial charge in [-0.2, -0.15) is 0 Å². The van der Waals surface area contributed by atoms with E-state index in [9.17, 15) is 0 Å². The largest absolute Gasteiger partial charge is 0.252 e. The predicted octanol–water partition coefficient (Wildman–Crippen LogP) is 3.46. The molecule has 3 aliphatic rings. The first-order chi connectivity index (χ1) is 8.75. The summed E-state index contributed by atoms with van der Waals surface area (Å²) in [4.78, 5) is 4.81. The fourth-order valence-electron chi connectivity index (χ4n) is 2.55. The lowest BCUT2D eigenvalue weighted by molar-refractivity contribution is 1.04. The SMILES string of the molecule is C[Si](C)=CCC1=NC2=CC=CC2=C1C1C=CC=C1. The number of aliphatic imine (C=N–C) groups is 1. The van der Waals surface area contributed by atoms with Crippen molar-refractivity contribution in [2.75, 3.05) is 0 Å². The van der Waals surface area contributed by atoms with Gasteiger partial charge in [0.05, 0.1) is 5.70 Å². The molecule has 2 aliphatic carbocycles. The highest BCUT2D eigenvalue weighted by atomic mass is 28.2. The fourth-order valence-corrected chi connectivity index (χ4v) is 3.15. The Balaban J connectivity index is 1.97. The quantitative estimate of drug-likeness (QED) is 0.681. The van der Waals surface area contributed by atoms with Crippen molar-refractivity contribution in [3.8, 4) is 0 Å². The van der Waals surface area contributed by atoms with Crippen LogP contribution in [0.25, 0.3) is 0 Å². The molecular formula is C16H17NSi. The molecule has 1 nitrogen and oxygen atoms in total. The van der Waals surface area contributed by atoms with Gasteiger partial charge in [-0.1, -0.05) is 55.2 Å². The van der Waals surface area contributed by atoms with E-state index in [1.54, 1.807) is 0 Å². The molecule has 0 saturated heterocycles. The summed E-state index contributed by atoms with van der Waals surface area (Å²) >= 11 is 0. The summed E-state index contributed by atoms with van der Waals surface area (Å²) in [6.07, 6.45) is 16.2. The molecule has 3 rings (SSSR count). The summed E-state index contributed by atoms with van der Waals surface area (Å²) < 4.78 is 0. The Morgan fingerprint density at radius 3 is 2.72 bits per heavy atom. The molecule has 0 N–H and O–H groups in total. The van der Waals surface area contributed by atoms with Crippen LogP contribution in [0.4, 0.5) is 0 Å². The number of fused-ring (bicyclic) bond motifs is 1. The van der Waals surface area contributed by atoms with Gasteiger partial charge in [-0.25, -0.2) is 0 Å². The van der Waals surface area contributed by atoms with Crippen LogP contribution >= 0.6 is 0 Å². The molecule has 0 unspecified atom stereocenters. The third-order valence-corrected chi connectivity index (χ3v) is 4.46. The number of allylic oxidation sites excluding steroid dienone is 8. The van der Waals surface area contributed by atoms with Crippen LogP contribution < -0.4 is 0 Å². The Hall–Kier alpha value is -1.54. The molecule has 1 aliphatic heterocycles. The van der Waals surface area contributed by atoms with E-state index in [4.69, 9.17) is 4.99 Å². The average Bonchev–Trinajstić information content (AvgIpc) is 3.01. The van der Waals surface area contributed by atoms with Crippen LogP contribution in [0, 0.1) is 5.92 Å². The van der Waals surface area contributed by atoms with E-state index in [0.29, 0.717) is 5.92 Å². The van der Waals surface area contributed by atoms with Gasteiger partial charge in [0, 0.05) is 23.6 Å². The van der Waals surface area contributed by atoms with Crippen molar-refractivity contribution in [2.24, 2.45) is 10.9 Å². The van der Waals surface area contributed by atoms with E-state index < -0.39 is 0 Å². The lowest BCUT2D eigenvalue weighted by Crippen LogP contribution is -2.10. The van der Waals surface area contributed by atoms with Crippen LogP contribution in [0.2, 0.25) is 13.1 Å². The fraction of sp³-hybridized carbons (Fsp3) is 0.250. The standard InChI is InChI=1S/C16H17NSi/c1-18(2)11-10-15-16(12-6-3-4-7-12)13-8-5-9-14(13)17-15/h3-9,11-12H,10H2,1-2H3. The number of hydrogen-bond acceptors (Lipinski definition) is 1. The van der Waals surface area contributed by atoms with Crippen LogP contribution in [0.3, 0.4) is 0 Å². The molecule has 2 heteroatoms. The Morgan fingerprint density at radius 2 is 2.00 bits per heavy atom. The van der Waals surface area contributed by atoms with Crippen LogP contribution in [0.15, 0.2) is 64.4 Å². The van der Waals surface area contributed by atoms with Crippen molar-refractivity contribution < 1.29 is 0 Å². The molecule has 1 heterocycles. The van der Waals surface area contributed by atoms with Crippen molar-refractivity contribution in [3.05, 3.63) is 59.4 Å². The van der Waals surface area contributed by atoms with E-state index in [1.165, 1.54) is 16.9 Å². The second kappa shape index (κ2) is 4.62. The maximum atomic E-state index is 4.81. The second-order valence-electron chi connectivity index (χ2n) is 5.08. The lowest BCUT2D eigenvalue weighted by atomic mass is 9.92. The minimum atomic E-state index is -0.293. The summed E-state index contributed by atoms with van der Waals surface area (Å²) in [5.74, 6) is 0.421. The van der Waals surface area contributed by atoms with E-state index in [-0.39, 0.29) is 8.41 Å². The van der Waals surface area contributed by atoms with Crippen molar-refractivity contribution in [1.29, 1.82) is 0 Å². The maximum absolute atomic E-state index is 4.81. The van der Waals surface area contributed by atoms with Gasteiger partial charge in [-0.15, -0.1) is 0 Å². The average molecular weight is 251 g/mol. The van der Waals surface area contributed by atoms with Crippen LogP contribution in [0.1, 0.15) is 6.42 Å². The number of hydrogen-bond donors (Lipinski definition) is 0. The van der Waals surface area contributed by atoms with Gasteiger partial charge in [-0.05, 0) is 20.1 Å². The van der Waals surface area contributed by atoms with Gasteiger partial charge in [0.15, 0.2) is 0 Å². The van der Waals surface area contributed by atoms with Gasteiger partial charge in [0.1, 0.15) is 0 Å². The van der Waals surface area contributed by atoms with Gasteiger partial charge in [0.2, 0.25) is 0 Å². The Morgan fingerprint density at radius 1 is 1.22 bits per heavy atom. The molecule has 0 aromatic heterocycles. The molecule has 0 bridgehead atoms. The number of rotatable bonds is 3. The van der Waals surface area contributed by atoms with E-state index in [0.717, 1.165) is 12.1 Å². The first-order valence-electron chi connectivity index (χ1n) is 6.45. The number of nitrogens with zero attached hydrogens (tertiary/aromatic N) is 1. The molecule has 0 fully saturated rings. The second-order valence-corrected chi connectivity index (χ2v) is 7.64. The lowest BCUT2D eigenvalue weighted by Gasteiger charge is -2.11. The van der Waals surface area contributed by atoms with Crippen LogP contribution in [0.5, 0.6) is 0 Å². The first kappa shape index (κ1) is 11.5. The third-order valence-electron chi connectivity index (χ3n) is 3.43. The van der Waals surface area contributed by atoms with Gasteiger partial charge in [-0.3, -0.25) is 4.99 Å². The molecule has 0 amide bonds. The highest BCUT2D eigenvalue weighted by molar-refractivity contribution is 6.64. The smallest absolute Gasteiger partial charge is 0.0709 e. The topological polar surface area (TPSA) is 12.4 Å². The van der Waals surface area contributed by atoms with Gasteiger partial charge >= 0.3 is 0 Å². The first-order valence-corrected chi connectivity index (χ1v) is 9.02. The minimum Gasteiger partial charge on any atom is -0.252 e. The van der Waals surface area contributed by atoms with Crippen LogP contribution in [-0.2, 0) is 0 Å². The molecule has 0 aromatic carbocycles. The summed E-state index contributed by atoms with van der Waals surface area (Å²) in [7, 11) is -0.293. The van der Waals surface area contributed by atoms with E-state index in [1.807, 2.05) is 0 Å². The zero-order chi connectivity index (χ0) is 12.5. The minimum absolute atomic E-state index is 0.293. The van der Waals surface area contributed by atoms with Crippen molar-refractivity contribution in [3.63, 3.8) is 0 Å². The third kappa shape index (κ3) is 1.97. The molecule has 90 valence electrons. The van der Waals surface area contributed by atoms with E-state index in [2.05, 4.69) is 61.3 Å². The molecule has 0 aromatic rings. The van der Waals surface area contributed by atoms with Crippen molar-refractivity contribution in [2.45, 2.75) is 19.5 Å². The molecule has 18 heavy (non-hydrogen) atoms. The Kier molecular flexibility index (Phi) is 2.96. The highest BCUT2D eigenvalue weighted by Gasteiger charge is 2.27.